The van der Waals surface area contributed by atoms with Crippen molar-refractivity contribution in [1.29, 1.82) is 0 Å². The van der Waals surface area contributed by atoms with Crippen LogP contribution in [-0.2, 0) is 14.5 Å². The first kappa shape index (κ1) is 12.8. The van der Waals surface area contributed by atoms with Crippen LogP contribution in [0.15, 0.2) is 0 Å². The third-order valence-corrected chi connectivity index (χ3v) is 2.05. The maximum absolute atomic E-state index is 9.79. The molecule has 3 N–H and O–H groups in total. The second kappa shape index (κ2) is 7.25. The molecule has 0 aliphatic carbocycles. The van der Waals surface area contributed by atoms with E-state index in [0.717, 1.165) is 0 Å². The van der Waals surface area contributed by atoms with Gasteiger partial charge in [0.2, 0.25) is 0 Å². The molecule has 80 valence electrons. The quantitative estimate of drug-likeness (QED) is 0.671. The highest BCUT2D eigenvalue weighted by atomic mass is 32.2. The van der Waals surface area contributed by atoms with Gasteiger partial charge in [0, 0.05) is 0 Å². The molecule has 0 bridgehead atoms. The lowest BCUT2D eigenvalue weighted by molar-refractivity contribution is 0.339. The molecular weight excluding hydrogens is 192 g/mol. The van der Waals surface area contributed by atoms with E-state index in [1.807, 2.05) is 0 Å². The van der Waals surface area contributed by atoms with E-state index in [2.05, 4.69) is 14.6 Å². The third kappa shape index (κ3) is 11.8. The van der Waals surface area contributed by atoms with Crippen molar-refractivity contribution >= 4 is 10.3 Å². The van der Waals surface area contributed by atoms with Gasteiger partial charge < -0.3 is 5.32 Å². The standard InChI is InChI=1S/C5H11N.C2H7NO3S/c1-2-4-6-5-3-1;1-2-6-7(3,4)5/h6H,1-5H2;2H2,1H3,(H2,3,4,5). The first-order chi connectivity index (χ1) is 6.06. The van der Waals surface area contributed by atoms with Gasteiger partial charge in [0.1, 0.15) is 0 Å². The lowest BCUT2D eigenvalue weighted by Crippen LogP contribution is -2.21. The molecule has 1 aliphatic heterocycles. The second-order valence-corrected chi connectivity index (χ2v) is 3.93. The number of nitrogens with one attached hydrogen (secondary N) is 1. The van der Waals surface area contributed by atoms with Crippen LogP contribution in [0.1, 0.15) is 26.2 Å². The van der Waals surface area contributed by atoms with Gasteiger partial charge in [-0.1, -0.05) is 6.42 Å². The molecule has 0 atom stereocenters. The summed E-state index contributed by atoms with van der Waals surface area (Å²) >= 11 is 0. The van der Waals surface area contributed by atoms with Crippen molar-refractivity contribution in [2.45, 2.75) is 26.2 Å². The van der Waals surface area contributed by atoms with E-state index in [1.54, 1.807) is 6.92 Å². The summed E-state index contributed by atoms with van der Waals surface area (Å²) in [6, 6.07) is 0. The molecule has 5 nitrogen and oxygen atoms in total. The van der Waals surface area contributed by atoms with Crippen LogP contribution in [0.3, 0.4) is 0 Å². The van der Waals surface area contributed by atoms with E-state index in [4.69, 9.17) is 0 Å². The van der Waals surface area contributed by atoms with Crippen LogP contribution in [0, 0.1) is 0 Å². The molecule has 1 saturated heterocycles. The minimum atomic E-state index is -3.67. The smallest absolute Gasteiger partial charge is 0.317 e. The largest absolute Gasteiger partial charge is 0.333 e. The monoisotopic (exact) mass is 210 g/mol. The summed E-state index contributed by atoms with van der Waals surface area (Å²) in [5.41, 5.74) is 0. The topological polar surface area (TPSA) is 81.4 Å². The van der Waals surface area contributed by atoms with Gasteiger partial charge in [-0.15, -0.1) is 0 Å². The molecule has 1 rings (SSSR count). The van der Waals surface area contributed by atoms with E-state index in [0.29, 0.717) is 0 Å². The maximum atomic E-state index is 9.79. The van der Waals surface area contributed by atoms with Gasteiger partial charge in [-0.2, -0.15) is 8.42 Å². The predicted octanol–water partition coefficient (Wildman–Crippen LogP) is -0.0137. The van der Waals surface area contributed by atoms with E-state index in [1.165, 1.54) is 32.4 Å². The minimum absolute atomic E-state index is 0.0961. The molecule has 0 spiro atoms. The Labute approximate surface area is 79.9 Å². The van der Waals surface area contributed by atoms with Crippen molar-refractivity contribution in [3.8, 4) is 0 Å². The lowest BCUT2D eigenvalue weighted by Gasteiger charge is -2.08. The third-order valence-electron chi connectivity index (χ3n) is 1.49. The zero-order valence-electron chi connectivity index (χ0n) is 7.95. The van der Waals surface area contributed by atoms with Crippen molar-refractivity contribution in [3.63, 3.8) is 0 Å². The highest BCUT2D eigenvalue weighted by Crippen LogP contribution is 1.96. The molecule has 0 unspecified atom stereocenters. The number of hydrogen-bond donors (Lipinski definition) is 2. The van der Waals surface area contributed by atoms with Crippen LogP contribution in [0.2, 0.25) is 0 Å². The van der Waals surface area contributed by atoms with Gasteiger partial charge in [0.05, 0.1) is 6.61 Å². The summed E-state index contributed by atoms with van der Waals surface area (Å²) in [5, 5.41) is 7.68. The highest BCUT2D eigenvalue weighted by molar-refractivity contribution is 7.84. The minimum Gasteiger partial charge on any atom is -0.317 e. The summed E-state index contributed by atoms with van der Waals surface area (Å²) in [4.78, 5) is 0. The fourth-order valence-corrected chi connectivity index (χ4v) is 1.29. The highest BCUT2D eigenvalue weighted by Gasteiger charge is 1.95. The Hall–Kier alpha value is -0.170. The van der Waals surface area contributed by atoms with Crippen LogP contribution in [0.5, 0.6) is 0 Å². The Bertz CT molecular complexity index is 188. The van der Waals surface area contributed by atoms with Gasteiger partial charge in [0.25, 0.3) is 0 Å². The zero-order chi connectivity index (χ0) is 10.2. The molecule has 0 aromatic carbocycles. The van der Waals surface area contributed by atoms with Gasteiger partial charge in [0.15, 0.2) is 0 Å². The fourth-order valence-electron chi connectivity index (χ4n) is 0.966. The summed E-state index contributed by atoms with van der Waals surface area (Å²) in [6.07, 6.45) is 4.22. The predicted molar refractivity (Wildman–Crippen MR) is 51.5 cm³/mol. The Kier molecular flexibility index (Phi) is 7.16. The van der Waals surface area contributed by atoms with Gasteiger partial charge in [-0.05, 0) is 32.9 Å². The van der Waals surface area contributed by atoms with Crippen LogP contribution in [0.4, 0.5) is 0 Å². The van der Waals surface area contributed by atoms with E-state index in [-0.39, 0.29) is 6.61 Å². The first-order valence-electron chi connectivity index (χ1n) is 4.44. The fraction of sp³-hybridized carbons (Fsp3) is 1.00. The van der Waals surface area contributed by atoms with Crippen LogP contribution in [-0.4, -0.2) is 28.1 Å². The van der Waals surface area contributed by atoms with E-state index < -0.39 is 10.3 Å². The molecule has 0 amide bonds. The Morgan fingerprint density at radius 2 is 1.85 bits per heavy atom. The summed E-state index contributed by atoms with van der Waals surface area (Å²) < 4.78 is 23.6. The lowest BCUT2D eigenvalue weighted by atomic mass is 10.2. The number of piperidine rings is 1. The van der Waals surface area contributed by atoms with E-state index in [9.17, 15) is 8.42 Å². The summed E-state index contributed by atoms with van der Waals surface area (Å²) in [5.74, 6) is 0. The van der Waals surface area contributed by atoms with E-state index >= 15 is 0 Å². The molecule has 1 aliphatic rings. The Morgan fingerprint density at radius 3 is 1.92 bits per heavy atom. The van der Waals surface area contributed by atoms with Crippen LogP contribution in [0.25, 0.3) is 0 Å². The van der Waals surface area contributed by atoms with Crippen LogP contribution < -0.4 is 10.5 Å². The molecule has 0 saturated carbocycles. The van der Waals surface area contributed by atoms with Gasteiger partial charge in [-0.25, -0.2) is 5.14 Å². The molecule has 1 fully saturated rings. The SMILES string of the molecule is C1CCNCC1.CCOS(N)(=O)=O. The molecule has 13 heavy (non-hydrogen) atoms. The molecule has 0 aromatic rings. The molecule has 0 radical (unpaired) electrons. The number of hydrogen-bond acceptors (Lipinski definition) is 4. The number of rotatable bonds is 2. The zero-order valence-corrected chi connectivity index (χ0v) is 8.77. The van der Waals surface area contributed by atoms with Crippen molar-refractivity contribution < 1.29 is 12.6 Å². The van der Waals surface area contributed by atoms with Crippen molar-refractivity contribution in [1.82, 2.24) is 5.32 Å². The van der Waals surface area contributed by atoms with Crippen molar-refractivity contribution in [2.75, 3.05) is 19.7 Å². The Morgan fingerprint density at radius 1 is 1.31 bits per heavy atom. The average molecular weight is 210 g/mol. The summed E-state index contributed by atoms with van der Waals surface area (Å²) in [6.45, 7) is 4.14. The normalized spacial score (nSPS) is 17.4. The van der Waals surface area contributed by atoms with Crippen LogP contribution >= 0.6 is 0 Å². The molecule has 6 heteroatoms. The number of nitrogens with two attached hydrogens (primary N) is 1. The molecule has 0 aromatic heterocycles. The van der Waals surface area contributed by atoms with Crippen molar-refractivity contribution in [3.05, 3.63) is 0 Å². The van der Waals surface area contributed by atoms with Gasteiger partial charge >= 0.3 is 10.3 Å². The first-order valence-corrected chi connectivity index (χ1v) is 5.91. The van der Waals surface area contributed by atoms with Gasteiger partial charge in [-0.3, -0.25) is 4.18 Å². The molecular formula is C7H18N2O3S. The summed E-state index contributed by atoms with van der Waals surface area (Å²) in [7, 11) is -3.67. The second-order valence-electron chi connectivity index (χ2n) is 2.71. The maximum Gasteiger partial charge on any atom is 0.333 e. The average Bonchev–Trinajstić information content (AvgIpc) is 2.06. The molecule has 1 heterocycles. The Balaban J connectivity index is 0.000000223. The van der Waals surface area contributed by atoms with Crippen molar-refractivity contribution in [2.24, 2.45) is 5.14 Å².